The summed E-state index contributed by atoms with van der Waals surface area (Å²) in [5.74, 6) is -0.872. The molecule has 0 amide bonds. The van der Waals surface area contributed by atoms with Crippen LogP contribution in [0.3, 0.4) is 0 Å². The second-order valence-corrected chi connectivity index (χ2v) is 7.21. The molecule has 3 aromatic carbocycles. The third kappa shape index (κ3) is 3.33. The molecule has 0 aliphatic heterocycles. The van der Waals surface area contributed by atoms with Crippen molar-refractivity contribution < 1.29 is 19.1 Å². The van der Waals surface area contributed by atoms with Crippen LogP contribution in [0.1, 0.15) is 55.2 Å². The molecule has 2 atom stereocenters. The third-order valence-corrected chi connectivity index (χ3v) is 5.33. The molecule has 146 valence electrons. The first kappa shape index (κ1) is 18.1. The van der Waals surface area contributed by atoms with E-state index in [0.717, 1.165) is 22.3 Å². The molecule has 3 aromatic rings. The third-order valence-electron chi connectivity index (χ3n) is 5.33. The Hall–Kier alpha value is -3.92. The first-order valence-electron chi connectivity index (χ1n) is 9.75. The molecule has 0 N–H and O–H groups in total. The minimum absolute atomic E-state index is 0.385. The lowest BCUT2D eigenvalue weighted by molar-refractivity contribution is 0.0382. The van der Waals surface area contributed by atoms with Crippen molar-refractivity contribution in [3.8, 4) is 0 Å². The van der Waals surface area contributed by atoms with Crippen molar-refractivity contribution >= 4 is 24.1 Å². The van der Waals surface area contributed by atoms with E-state index in [1.807, 2.05) is 72.8 Å². The highest BCUT2D eigenvalue weighted by atomic mass is 16.5. The SMILES string of the molecule is O=C(OC1C=Cc2ccccc21)c1ccc(C(=O)OC2C=Cc3ccccc32)cc1. The summed E-state index contributed by atoms with van der Waals surface area (Å²) in [6, 6.07) is 21.9. The Morgan fingerprint density at radius 1 is 0.567 bits per heavy atom. The molecule has 0 heterocycles. The number of carbonyl (C=O) groups excluding carboxylic acids is 2. The van der Waals surface area contributed by atoms with Crippen molar-refractivity contribution in [1.29, 1.82) is 0 Å². The predicted octanol–water partition coefficient (Wildman–Crippen LogP) is 5.54. The fourth-order valence-corrected chi connectivity index (χ4v) is 3.75. The smallest absolute Gasteiger partial charge is 0.339 e. The molecule has 0 radical (unpaired) electrons. The van der Waals surface area contributed by atoms with Crippen molar-refractivity contribution in [2.45, 2.75) is 12.2 Å². The second-order valence-electron chi connectivity index (χ2n) is 7.21. The number of hydrogen-bond acceptors (Lipinski definition) is 4. The fourth-order valence-electron chi connectivity index (χ4n) is 3.75. The van der Waals surface area contributed by atoms with Crippen molar-refractivity contribution in [3.05, 3.63) is 118 Å². The highest BCUT2D eigenvalue weighted by Gasteiger charge is 2.23. The van der Waals surface area contributed by atoms with Crippen LogP contribution < -0.4 is 0 Å². The highest BCUT2D eigenvalue weighted by Crippen LogP contribution is 2.32. The fraction of sp³-hybridized carbons (Fsp3) is 0.0769. The average molecular weight is 394 g/mol. The summed E-state index contributed by atoms with van der Waals surface area (Å²) in [6.45, 7) is 0. The molecule has 2 aliphatic carbocycles. The van der Waals surface area contributed by atoms with Gasteiger partial charge in [-0.25, -0.2) is 9.59 Å². The van der Waals surface area contributed by atoms with E-state index in [4.69, 9.17) is 9.47 Å². The zero-order valence-corrected chi connectivity index (χ0v) is 16.0. The Kier molecular flexibility index (Phi) is 4.52. The molecule has 0 spiro atoms. The van der Waals surface area contributed by atoms with E-state index in [9.17, 15) is 9.59 Å². The van der Waals surface area contributed by atoms with Gasteiger partial charge in [-0.15, -0.1) is 0 Å². The summed E-state index contributed by atoms with van der Waals surface area (Å²) in [4.78, 5) is 25.1. The van der Waals surface area contributed by atoms with Gasteiger partial charge in [0.25, 0.3) is 0 Å². The van der Waals surface area contributed by atoms with E-state index in [2.05, 4.69) is 0 Å². The number of ether oxygens (including phenoxy) is 2. The number of hydrogen-bond donors (Lipinski definition) is 0. The molecule has 0 bridgehead atoms. The van der Waals surface area contributed by atoms with Gasteiger partial charge < -0.3 is 9.47 Å². The molecule has 0 fully saturated rings. The van der Waals surface area contributed by atoms with E-state index >= 15 is 0 Å². The van der Waals surface area contributed by atoms with E-state index in [1.54, 1.807) is 24.3 Å². The predicted molar refractivity (Wildman–Crippen MR) is 114 cm³/mol. The van der Waals surface area contributed by atoms with Crippen LogP contribution >= 0.6 is 0 Å². The average Bonchev–Trinajstić information content (AvgIpc) is 3.38. The molecular weight excluding hydrogens is 376 g/mol. The molecule has 2 aliphatic rings. The number of carbonyl (C=O) groups is 2. The van der Waals surface area contributed by atoms with Crippen LogP contribution in [0.15, 0.2) is 84.9 Å². The Labute approximate surface area is 174 Å². The lowest BCUT2D eigenvalue weighted by atomic mass is 10.1. The Bertz CT molecular complexity index is 1090. The Morgan fingerprint density at radius 3 is 1.40 bits per heavy atom. The Balaban J connectivity index is 1.25. The monoisotopic (exact) mass is 394 g/mol. The van der Waals surface area contributed by atoms with Crippen molar-refractivity contribution in [2.24, 2.45) is 0 Å². The van der Waals surface area contributed by atoms with Gasteiger partial charge in [0.1, 0.15) is 12.2 Å². The standard InChI is InChI=1S/C26H18O4/c27-25(29-23-15-13-17-5-1-3-7-21(17)23)19-9-11-20(12-10-19)26(28)30-24-16-14-18-6-2-4-8-22(18)24/h1-16,23-24H. The zero-order valence-electron chi connectivity index (χ0n) is 16.0. The van der Waals surface area contributed by atoms with Crippen LogP contribution in [0.5, 0.6) is 0 Å². The van der Waals surface area contributed by atoms with Gasteiger partial charge in [-0.1, -0.05) is 60.7 Å². The van der Waals surface area contributed by atoms with Gasteiger partial charge in [0.2, 0.25) is 0 Å². The van der Waals surface area contributed by atoms with Gasteiger partial charge in [-0.05, 0) is 47.5 Å². The van der Waals surface area contributed by atoms with Crippen molar-refractivity contribution in [1.82, 2.24) is 0 Å². The lowest BCUT2D eigenvalue weighted by Gasteiger charge is -2.14. The zero-order chi connectivity index (χ0) is 20.5. The number of fused-ring (bicyclic) bond motifs is 2. The first-order valence-corrected chi connectivity index (χ1v) is 9.75. The van der Waals surface area contributed by atoms with E-state index in [-0.39, 0.29) is 0 Å². The lowest BCUT2D eigenvalue weighted by Crippen LogP contribution is -2.11. The minimum Gasteiger partial charge on any atom is -0.450 e. The topological polar surface area (TPSA) is 52.6 Å². The molecule has 0 aromatic heterocycles. The summed E-state index contributed by atoms with van der Waals surface area (Å²) >= 11 is 0. The highest BCUT2D eigenvalue weighted by molar-refractivity contribution is 5.93. The van der Waals surface area contributed by atoms with Gasteiger partial charge in [-0.2, -0.15) is 0 Å². The number of benzene rings is 3. The maximum Gasteiger partial charge on any atom is 0.339 e. The van der Waals surface area contributed by atoms with Gasteiger partial charge in [-0.3, -0.25) is 0 Å². The van der Waals surface area contributed by atoms with Gasteiger partial charge in [0, 0.05) is 11.1 Å². The summed E-state index contributed by atoms with van der Waals surface area (Å²) in [5, 5.41) is 0. The van der Waals surface area contributed by atoms with Crippen LogP contribution in [0.25, 0.3) is 12.2 Å². The van der Waals surface area contributed by atoms with Crippen LogP contribution in [-0.4, -0.2) is 11.9 Å². The van der Waals surface area contributed by atoms with Gasteiger partial charge >= 0.3 is 11.9 Å². The quantitative estimate of drug-likeness (QED) is 0.546. The number of esters is 2. The summed E-state index contributed by atoms with van der Waals surface area (Å²) in [6.07, 6.45) is 6.83. The molecule has 0 saturated carbocycles. The van der Waals surface area contributed by atoms with E-state index in [0.29, 0.717) is 11.1 Å². The van der Waals surface area contributed by atoms with Gasteiger partial charge in [0.15, 0.2) is 0 Å². The van der Waals surface area contributed by atoms with Crippen LogP contribution in [0.2, 0.25) is 0 Å². The molecular formula is C26H18O4. The molecule has 5 rings (SSSR count). The maximum atomic E-state index is 12.5. The Morgan fingerprint density at radius 2 is 0.967 bits per heavy atom. The second kappa shape index (κ2) is 7.48. The van der Waals surface area contributed by atoms with E-state index < -0.39 is 24.1 Å². The van der Waals surface area contributed by atoms with Crippen molar-refractivity contribution in [2.75, 3.05) is 0 Å². The molecule has 0 saturated heterocycles. The number of rotatable bonds is 4. The summed E-state index contributed by atoms with van der Waals surface area (Å²) in [7, 11) is 0. The summed E-state index contributed by atoms with van der Waals surface area (Å²) in [5.41, 5.74) is 4.81. The maximum absolute atomic E-state index is 12.5. The van der Waals surface area contributed by atoms with Crippen molar-refractivity contribution in [3.63, 3.8) is 0 Å². The van der Waals surface area contributed by atoms with E-state index in [1.165, 1.54) is 0 Å². The normalized spacial score (nSPS) is 18.0. The first-order chi connectivity index (χ1) is 14.7. The summed E-state index contributed by atoms with van der Waals surface area (Å²) < 4.78 is 11.2. The van der Waals surface area contributed by atoms with Crippen LogP contribution in [0, 0.1) is 0 Å². The van der Waals surface area contributed by atoms with Gasteiger partial charge in [0.05, 0.1) is 11.1 Å². The largest absolute Gasteiger partial charge is 0.450 e. The minimum atomic E-state index is -0.436. The molecule has 2 unspecified atom stereocenters. The van der Waals surface area contributed by atoms with Crippen LogP contribution in [-0.2, 0) is 9.47 Å². The molecule has 4 nitrogen and oxygen atoms in total. The van der Waals surface area contributed by atoms with Crippen LogP contribution in [0.4, 0.5) is 0 Å². The molecule has 30 heavy (non-hydrogen) atoms. The molecule has 4 heteroatoms.